The smallest absolute Gasteiger partial charge is 0.316 e. The summed E-state index contributed by atoms with van der Waals surface area (Å²) in [6, 6.07) is 6.21. The molecule has 0 saturated heterocycles. The molecule has 2 aromatic heterocycles. The largest absolute Gasteiger partial charge is 0.467 e. The molecule has 2 heterocycles. The van der Waals surface area contributed by atoms with E-state index in [9.17, 15) is 4.79 Å². The summed E-state index contributed by atoms with van der Waals surface area (Å²) in [6.45, 7) is 1.56. The monoisotopic (exact) mass is 267 g/mol. The number of benzene rings is 1. The fourth-order valence-electron chi connectivity index (χ4n) is 2.16. The fraction of sp³-hybridized carbons (Fsp3) is 0.133. The Balaban J connectivity index is 2.11. The Labute approximate surface area is 115 Å². The third-order valence-corrected chi connectivity index (χ3v) is 3.21. The molecule has 100 valence electrons. The van der Waals surface area contributed by atoms with Gasteiger partial charge in [-0.2, -0.15) is 0 Å². The van der Waals surface area contributed by atoms with E-state index in [2.05, 4.69) is 15.0 Å². The van der Waals surface area contributed by atoms with Gasteiger partial charge in [-0.3, -0.25) is 4.79 Å². The molecule has 0 aliphatic rings. The van der Waals surface area contributed by atoms with Crippen molar-refractivity contribution in [2.24, 2.45) is 0 Å². The molecule has 0 aliphatic carbocycles. The Kier molecular flexibility index (Phi) is 2.95. The number of carbonyl (C=O) groups is 1. The summed E-state index contributed by atoms with van der Waals surface area (Å²) in [7, 11) is 1.53. The molecule has 0 fully saturated rings. The van der Waals surface area contributed by atoms with Crippen molar-refractivity contribution < 1.29 is 9.53 Å². The Morgan fingerprint density at radius 3 is 2.60 bits per heavy atom. The number of hydrogen-bond acceptors (Lipinski definition) is 4. The number of nitrogens with zero attached hydrogens (tertiary/aromatic N) is 2. The summed E-state index contributed by atoms with van der Waals surface area (Å²) in [5, 5.41) is 0.908. The highest BCUT2D eigenvalue weighted by Crippen LogP contribution is 2.26. The zero-order chi connectivity index (χ0) is 14.1. The van der Waals surface area contributed by atoms with Crippen LogP contribution in [0.15, 0.2) is 36.8 Å². The molecular weight excluding hydrogens is 254 g/mol. The molecule has 3 aromatic rings. The summed E-state index contributed by atoms with van der Waals surface area (Å²) in [5.74, 6) is 0.0411. The van der Waals surface area contributed by atoms with E-state index in [1.807, 2.05) is 18.2 Å². The van der Waals surface area contributed by atoms with Crippen molar-refractivity contribution in [3.8, 4) is 17.1 Å². The number of fused-ring (bicyclic) bond motifs is 1. The third-order valence-electron chi connectivity index (χ3n) is 3.21. The van der Waals surface area contributed by atoms with Gasteiger partial charge in [0.05, 0.1) is 7.11 Å². The van der Waals surface area contributed by atoms with Crippen molar-refractivity contribution in [1.29, 1.82) is 0 Å². The number of rotatable bonds is 3. The highest BCUT2D eigenvalue weighted by Gasteiger charge is 2.09. The highest BCUT2D eigenvalue weighted by atomic mass is 16.5. The minimum Gasteiger partial charge on any atom is -0.467 e. The number of methoxy groups -OCH3 is 1. The highest BCUT2D eigenvalue weighted by molar-refractivity contribution is 6.07. The summed E-state index contributed by atoms with van der Waals surface area (Å²) < 4.78 is 4.94. The van der Waals surface area contributed by atoms with Crippen molar-refractivity contribution in [2.75, 3.05) is 7.11 Å². The molecule has 20 heavy (non-hydrogen) atoms. The zero-order valence-electron chi connectivity index (χ0n) is 11.2. The first-order chi connectivity index (χ1) is 9.69. The molecule has 0 aliphatic heterocycles. The standard InChI is InChI=1S/C15H13N3O2/c1-9(19)13-8-16-14-4-3-10(5-12(13)14)11-6-17-15(20-2)18-7-11/h3-8,16H,1-2H3. The van der Waals surface area contributed by atoms with Gasteiger partial charge >= 0.3 is 6.01 Å². The van der Waals surface area contributed by atoms with Crippen LogP contribution >= 0.6 is 0 Å². The number of hydrogen-bond donors (Lipinski definition) is 1. The van der Waals surface area contributed by atoms with Gasteiger partial charge in [0.15, 0.2) is 5.78 Å². The number of carbonyl (C=O) groups excluding carboxylic acids is 1. The second-order valence-corrected chi connectivity index (χ2v) is 4.48. The lowest BCUT2D eigenvalue weighted by molar-refractivity contribution is 0.101. The Morgan fingerprint density at radius 2 is 1.95 bits per heavy atom. The van der Waals surface area contributed by atoms with Crippen LogP contribution in [0.5, 0.6) is 6.01 Å². The first-order valence-corrected chi connectivity index (χ1v) is 6.17. The average Bonchev–Trinajstić information content (AvgIpc) is 2.90. The van der Waals surface area contributed by atoms with Crippen LogP contribution in [-0.2, 0) is 0 Å². The van der Waals surface area contributed by atoms with E-state index >= 15 is 0 Å². The number of aromatic amines is 1. The Morgan fingerprint density at radius 1 is 1.20 bits per heavy atom. The number of nitrogens with one attached hydrogen (secondary N) is 1. The van der Waals surface area contributed by atoms with Crippen LogP contribution in [-0.4, -0.2) is 27.8 Å². The lowest BCUT2D eigenvalue weighted by atomic mass is 10.0. The van der Waals surface area contributed by atoms with E-state index in [-0.39, 0.29) is 5.78 Å². The predicted molar refractivity (Wildman–Crippen MR) is 75.9 cm³/mol. The van der Waals surface area contributed by atoms with E-state index in [1.165, 1.54) is 7.11 Å². The molecule has 0 saturated carbocycles. The SMILES string of the molecule is COc1ncc(-c2ccc3[nH]cc(C(C)=O)c3c2)cn1. The van der Waals surface area contributed by atoms with Crippen molar-refractivity contribution >= 4 is 16.7 Å². The van der Waals surface area contributed by atoms with Gasteiger partial charge in [-0.05, 0) is 24.6 Å². The van der Waals surface area contributed by atoms with Crippen molar-refractivity contribution in [2.45, 2.75) is 6.92 Å². The predicted octanol–water partition coefficient (Wildman–Crippen LogP) is 2.84. The summed E-state index contributed by atoms with van der Waals surface area (Å²) in [5.41, 5.74) is 3.47. The molecule has 0 unspecified atom stereocenters. The van der Waals surface area contributed by atoms with Crippen LogP contribution in [0.4, 0.5) is 0 Å². The summed E-state index contributed by atoms with van der Waals surface area (Å²) in [4.78, 5) is 22.9. The van der Waals surface area contributed by atoms with Gasteiger partial charge in [0.1, 0.15) is 0 Å². The zero-order valence-corrected chi connectivity index (χ0v) is 11.2. The number of aromatic nitrogens is 3. The molecule has 5 heteroatoms. The molecule has 0 bridgehead atoms. The molecule has 1 aromatic carbocycles. The number of ketones is 1. The minimum atomic E-state index is 0.0411. The number of ether oxygens (including phenoxy) is 1. The lowest BCUT2D eigenvalue weighted by Crippen LogP contribution is -1.92. The Bertz CT molecular complexity index is 775. The Hall–Kier alpha value is -2.69. The summed E-state index contributed by atoms with van der Waals surface area (Å²) >= 11 is 0. The third kappa shape index (κ3) is 2.03. The molecular formula is C15H13N3O2. The second kappa shape index (κ2) is 4.77. The first kappa shape index (κ1) is 12.3. The molecule has 5 nitrogen and oxygen atoms in total. The van der Waals surface area contributed by atoms with Crippen LogP contribution in [0.2, 0.25) is 0 Å². The van der Waals surface area contributed by atoms with Crippen LogP contribution in [0.25, 0.3) is 22.0 Å². The molecule has 0 amide bonds. The van der Waals surface area contributed by atoms with Crippen molar-refractivity contribution in [3.05, 3.63) is 42.4 Å². The minimum absolute atomic E-state index is 0.0411. The molecule has 0 spiro atoms. The van der Waals surface area contributed by atoms with Gasteiger partial charge in [-0.15, -0.1) is 0 Å². The van der Waals surface area contributed by atoms with Crippen molar-refractivity contribution in [3.63, 3.8) is 0 Å². The maximum absolute atomic E-state index is 11.6. The summed E-state index contributed by atoms with van der Waals surface area (Å²) in [6.07, 6.45) is 5.14. The van der Waals surface area contributed by atoms with E-state index in [4.69, 9.17) is 4.74 Å². The molecule has 3 rings (SSSR count). The van der Waals surface area contributed by atoms with Crippen molar-refractivity contribution in [1.82, 2.24) is 15.0 Å². The first-order valence-electron chi connectivity index (χ1n) is 6.17. The van der Waals surface area contributed by atoms with Gasteiger partial charge in [0.2, 0.25) is 0 Å². The quantitative estimate of drug-likeness (QED) is 0.741. The molecule has 1 N–H and O–H groups in total. The van der Waals surface area contributed by atoms with E-state index in [1.54, 1.807) is 25.5 Å². The average molecular weight is 267 g/mol. The number of H-pyrrole nitrogens is 1. The van der Waals surface area contributed by atoms with Crippen LogP contribution in [0.1, 0.15) is 17.3 Å². The van der Waals surface area contributed by atoms with Gasteiger partial charge < -0.3 is 9.72 Å². The maximum Gasteiger partial charge on any atom is 0.316 e. The van der Waals surface area contributed by atoms with Crippen LogP contribution in [0.3, 0.4) is 0 Å². The number of Topliss-reactive ketones (excluding diaryl/α,β-unsaturated/α-hetero) is 1. The van der Waals surface area contributed by atoms with E-state index in [0.717, 1.165) is 22.0 Å². The topological polar surface area (TPSA) is 67.9 Å². The van der Waals surface area contributed by atoms with Gasteiger partial charge in [-0.1, -0.05) is 6.07 Å². The van der Waals surface area contributed by atoms with Gasteiger partial charge in [0.25, 0.3) is 0 Å². The maximum atomic E-state index is 11.6. The van der Waals surface area contributed by atoms with Gasteiger partial charge in [0, 0.05) is 40.6 Å². The van der Waals surface area contributed by atoms with Crippen LogP contribution < -0.4 is 4.74 Å². The normalized spacial score (nSPS) is 10.7. The lowest BCUT2D eigenvalue weighted by Gasteiger charge is -2.03. The molecule has 0 radical (unpaired) electrons. The van der Waals surface area contributed by atoms with Gasteiger partial charge in [-0.25, -0.2) is 9.97 Å². The van der Waals surface area contributed by atoms with E-state index in [0.29, 0.717) is 11.6 Å². The van der Waals surface area contributed by atoms with E-state index < -0.39 is 0 Å². The fourth-order valence-corrected chi connectivity index (χ4v) is 2.16. The van der Waals surface area contributed by atoms with Crippen LogP contribution in [0, 0.1) is 0 Å². The molecule has 0 atom stereocenters. The second-order valence-electron chi connectivity index (χ2n) is 4.48.